The molecule has 1 heterocycles. The van der Waals surface area contributed by atoms with Gasteiger partial charge in [-0.2, -0.15) is 5.26 Å². The van der Waals surface area contributed by atoms with E-state index in [0.29, 0.717) is 17.2 Å². The lowest BCUT2D eigenvalue weighted by atomic mass is 9.94. The van der Waals surface area contributed by atoms with Crippen molar-refractivity contribution in [3.8, 4) is 6.07 Å². The van der Waals surface area contributed by atoms with Crippen LogP contribution in [0.15, 0.2) is 18.5 Å². The molecule has 4 heteroatoms. The van der Waals surface area contributed by atoms with Crippen molar-refractivity contribution in [2.75, 3.05) is 7.05 Å². The third kappa shape index (κ3) is 2.51. The van der Waals surface area contributed by atoms with Gasteiger partial charge in [-0.15, -0.1) is 0 Å². The summed E-state index contributed by atoms with van der Waals surface area (Å²) in [5.41, 5.74) is 0.811. The Balaban J connectivity index is 2.17. The lowest BCUT2D eigenvalue weighted by Crippen LogP contribution is -2.38. The quantitative estimate of drug-likeness (QED) is 0.801. The number of nitriles is 1. The molecule has 1 amide bonds. The van der Waals surface area contributed by atoms with E-state index < -0.39 is 0 Å². The van der Waals surface area contributed by atoms with E-state index in [-0.39, 0.29) is 5.91 Å². The summed E-state index contributed by atoms with van der Waals surface area (Å²) in [6, 6.07) is 3.94. The van der Waals surface area contributed by atoms with Crippen molar-refractivity contribution >= 4 is 5.91 Å². The topological polar surface area (TPSA) is 57.0 Å². The zero-order chi connectivity index (χ0) is 13.0. The molecular weight excluding hydrogens is 226 g/mol. The average molecular weight is 243 g/mol. The van der Waals surface area contributed by atoms with Crippen molar-refractivity contribution in [3.63, 3.8) is 0 Å². The van der Waals surface area contributed by atoms with Gasteiger partial charge >= 0.3 is 0 Å². The fraction of sp³-hybridized carbons (Fsp3) is 0.500. The Hall–Kier alpha value is -1.89. The minimum atomic E-state index is -0.0912. The number of aromatic nitrogens is 1. The smallest absolute Gasteiger partial charge is 0.256 e. The van der Waals surface area contributed by atoms with Crippen LogP contribution in [-0.2, 0) is 0 Å². The molecule has 0 spiro atoms. The van der Waals surface area contributed by atoms with E-state index >= 15 is 0 Å². The summed E-state index contributed by atoms with van der Waals surface area (Å²) in [6.07, 6.45) is 8.76. The van der Waals surface area contributed by atoms with E-state index in [1.54, 1.807) is 11.0 Å². The van der Waals surface area contributed by atoms with Crippen LogP contribution in [0.4, 0.5) is 0 Å². The molecule has 0 N–H and O–H groups in total. The Morgan fingerprint density at radius 2 is 2.17 bits per heavy atom. The number of rotatable bonds is 2. The molecule has 1 aromatic heterocycles. The van der Waals surface area contributed by atoms with Gasteiger partial charge < -0.3 is 4.90 Å². The SMILES string of the molecule is CN(C(=O)c1cnccc1C#N)C1CCCCC1. The predicted molar refractivity (Wildman–Crippen MR) is 67.9 cm³/mol. The van der Waals surface area contributed by atoms with Gasteiger partial charge in [0.2, 0.25) is 0 Å². The lowest BCUT2D eigenvalue weighted by Gasteiger charge is -2.31. The van der Waals surface area contributed by atoms with Crippen LogP contribution in [0.25, 0.3) is 0 Å². The van der Waals surface area contributed by atoms with Gasteiger partial charge in [0.05, 0.1) is 11.1 Å². The third-order valence-electron chi connectivity index (χ3n) is 3.61. The highest BCUT2D eigenvalue weighted by atomic mass is 16.2. The summed E-state index contributed by atoms with van der Waals surface area (Å²) in [6.45, 7) is 0. The minimum absolute atomic E-state index is 0.0912. The first-order chi connectivity index (χ1) is 8.74. The number of carbonyl (C=O) groups is 1. The lowest BCUT2D eigenvalue weighted by molar-refractivity contribution is 0.0695. The Bertz CT molecular complexity index is 472. The van der Waals surface area contributed by atoms with E-state index in [9.17, 15) is 4.79 Å². The summed E-state index contributed by atoms with van der Waals surface area (Å²) in [5, 5.41) is 9.01. The highest BCUT2D eigenvalue weighted by molar-refractivity contribution is 5.96. The molecule has 4 nitrogen and oxygen atoms in total. The predicted octanol–water partition coefficient (Wildman–Crippen LogP) is 2.36. The van der Waals surface area contributed by atoms with Crippen molar-refractivity contribution < 1.29 is 4.79 Å². The van der Waals surface area contributed by atoms with Crippen LogP contribution in [0.3, 0.4) is 0 Å². The van der Waals surface area contributed by atoms with Gasteiger partial charge in [-0.3, -0.25) is 9.78 Å². The Morgan fingerprint density at radius 1 is 1.44 bits per heavy atom. The summed E-state index contributed by atoms with van der Waals surface area (Å²) in [7, 11) is 1.83. The van der Waals surface area contributed by atoms with E-state index in [0.717, 1.165) is 12.8 Å². The van der Waals surface area contributed by atoms with Crippen LogP contribution in [-0.4, -0.2) is 28.9 Å². The summed E-state index contributed by atoms with van der Waals surface area (Å²) in [5.74, 6) is -0.0912. The van der Waals surface area contributed by atoms with Gasteiger partial charge in [-0.05, 0) is 18.9 Å². The maximum absolute atomic E-state index is 12.4. The maximum atomic E-state index is 12.4. The molecular formula is C14H17N3O. The largest absolute Gasteiger partial charge is 0.339 e. The number of hydrogen-bond acceptors (Lipinski definition) is 3. The van der Waals surface area contributed by atoms with E-state index in [1.807, 2.05) is 13.1 Å². The van der Waals surface area contributed by atoms with Crippen LogP contribution >= 0.6 is 0 Å². The van der Waals surface area contributed by atoms with E-state index in [4.69, 9.17) is 5.26 Å². The second-order valence-electron chi connectivity index (χ2n) is 4.74. The number of hydrogen-bond donors (Lipinski definition) is 0. The van der Waals surface area contributed by atoms with Gasteiger partial charge in [0.1, 0.15) is 6.07 Å². The zero-order valence-corrected chi connectivity index (χ0v) is 10.6. The van der Waals surface area contributed by atoms with Crippen LogP contribution < -0.4 is 0 Å². The second kappa shape index (κ2) is 5.63. The maximum Gasteiger partial charge on any atom is 0.256 e. The molecule has 0 bridgehead atoms. The zero-order valence-electron chi connectivity index (χ0n) is 10.6. The fourth-order valence-electron chi connectivity index (χ4n) is 2.49. The molecule has 0 aliphatic heterocycles. The molecule has 2 rings (SSSR count). The minimum Gasteiger partial charge on any atom is -0.339 e. The normalized spacial score (nSPS) is 16.0. The van der Waals surface area contributed by atoms with Gasteiger partial charge in [0.15, 0.2) is 0 Å². The van der Waals surface area contributed by atoms with Crippen LogP contribution in [0.5, 0.6) is 0 Å². The fourth-order valence-corrected chi connectivity index (χ4v) is 2.49. The number of pyridine rings is 1. The first-order valence-electron chi connectivity index (χ1n) is 6.35. The average Bonchev–Trinajstić information content (AvgIpc) is 2.46. The monoisotopic (exact) mass is 243 g/mol. The van der Waals surface area contributed by atoms with Crippen LogP contribution in [0.1, 0.15) is 48.0 Å². The number of amides is 1. The molecule has 94 valence electrons. The molecule has 1 aliphatic rings. The molecule has 0 unspecified atom stereocenters. The van der Waals surface area contributed by atoms with Crippen molar-refractivity contribution in [2.45, 2.75) is 38.1 Å². The molecule has 0 atom stereocenters. The van der Waals surface area contributed by atoms with Crippen molar-refractivity contribution in [3.05, 3.63) is 29.6 Å². The van der Waals surface area contributed by atoms with Gasteiger partial charge in [-0.1, -0.05) is 19.3 Å². The highest BCUT2D eigenvalue weighted by Gasteiger charge is 2.24. The molecule has 0 aromatic carbocycles. The standard InChI is InChI=1S/C14H17N3O/c1-17(12-5-3-2-4-6-12)14(18)13-10-16-8-7-11(13)9-15/h7-8,10,12H,2-6H2,1H3. The van der Waals surface area contributed by atoms with Gasteiger partial charge in [0, 0.05) is 25.5 Å². The second-order valence-corrected chi connectivity index (χ2v) is 4.74. The highest BCUT2D eigenvalue weighted by Crippen LogP contribution is 2.23. The third-order valence-corrected chi connectivity index (χ3v) is 3.61. The molecule has 1 aliphatic carbocycles. The number of nitrogens with zero attached hydrogens (tertiary/aromatic N) is 3. The summed E-state index contributed by atoms with van der Waals surface area (Å²) in [4.78, 5) is 18.1. The molecule has 1 aromatic rings. The van der Waals surface area contributed by atoms with Crippen molar-refractivity contribution in [2.24, 2.45) is 0 Å². The first kappa shape index (κ1) is 12.6. The van der Waals surface area contributed by atoms with Crippen molar-refractivity contribution in [1.29, 1.82) is 5.26 Å². The molecule has 1 fully saturated rings. The van der Waals surface area contributed by atoms with Crippen molar-refractivity contribution in [1.82, 2.24) is 9.88 Å². The van der Waals surface area contributed by atoms with E-state index in [2.05, 4.69) is 4.98 Å². The first-order valence-corrected chi connectivity index (χ1v) is 6.35. The van der Waals surface area contributed by atoms with E-state index in [1.165, 1.54) is 31.7 Å². The van der Waals surface area contributed by atoms with Crippen LogP contribution in [0.2, 0.25) is 0 Å². The Morgan fingerprint density at radius 3 is 2.83 bits per heavy atom. The van der Waals surface area contributed by atoms with Gasteiger partial charge in [0.25, 0.3) is 5.91 Å². The number of carbonyl (C=O) groups excluding carboxylic acids is 1. The summed E-state index contributed by atoms with van der Waals surface area (Å²) >= 11 is 0. The molecule has 1 saturated carbocycles. The molecule has 18 heavy (non-hydrogen) atoms. The summed E-state index contributed by atoms with van der Waals surface area (Å²) < 4.78 is 0. The Labute approximate surface area is 107 Å². The Kier molecular flexibility index (Phi) is 3.93. The van der Waals surface area contributed by atoms with Gasteiger partial charge in [-0.25, -0.2) is 0 Å². The molecule has 0 radical (unpaired) electrons. The van der Waals surface area contributed by atoms with Crippen LogP contribution in [0, 0.1) is 11.3 Å². The molecule has 0 saturated heterocycles.